The maximum Gasteiger partial charge on any atom is 0.0670 e. The number of aliphatic hydroxyl groups excluding tert-OH is 1. The fourth-order valence-electron chi connectivity index (χ4n) is 3.37. The molecule has 0 amide bonds. The van der Waals surface area contributed by atoms with Gasteiger partial charge in [-0.05, 0) is 48.9 Å². The van der Waals surface area contributed by atoms with Gasteiger partial charge in [0.1, 0.15) is 0 Å². The lowest BCUT2D eigenvalue weighted by atomic mass is 10.1. The number of hydrogen-bond donors (Lipinski definition) is 1. The molecule has 3 heteroatoms. The third-order valence-electron chi connectivity index (χ3n) is 4.71. The van der Waals surface area contributed by atoms with Crippen LogP contribution >= 0.6 is 0 Å². The minimum Gasteiger partial charge on any atom is -0.392 e. The van der Waals surface area contributed by atoms with Crippen LogP contribution < -0.4 is 0 Å². The molecule has 1 aromatic heterocycles. The first-order valence-corrected chi connectivity index (χ1v) is 9.69. The van der Waals surface area contributed by atoms with Crippen LogP contribution in [0.3, 0.4) is 0 Å². The lowest BCUT2D eigenvalue weighted by Crippen LogP contribution is -2.35. The highest BCUT2D eigenvalue weighted by Crippen LogP contribution is 2.15. The van der Waals surface area contributed by atoms with E-state index in [1.807, 2.05) is 6.08 Å². The average molecular weight is 355 g/mol. The second-order valence-corrected chi connectivity index (χ2v) is 7.66. The summed E-state index contributed by atoms with van der Waals surface area (Å²) < 4.78 is 2.33. The average Bonchev–Trinajstić information content (AvgIpc) is 3.01. The molecule has 1 aromatic carbocycles. The minimum atomic E-state index is -0.300. The maximum atomic E-state index is 10.3. The molecule has 0 radical (unpaired) electrons. The van der Waals surface area contributed by atoms with E-state index in [9.17, 15) is 5.11 Å². The van der Waals surface area contributed by atoms with Crippen molar-refractivity contribution in [2.45, 2.75) is 52.8 Å². The molecule has 0 spiro atoms. The van der Waals surface area contributed by atoms with Crippen LogP contribution in [-0.4, -0.2) is 33.8 Å². The summed E-state index contributed by atoms with van der Waals surface area (Å²) in [7, 11) is 0. The van der Waals surface area contributed by atoms with Crippen LogP contribution in [0.2, 0.25) is 0 Å². The Kier molecular flexibility index (Phi) is 8.14. The number of aromatic nitrogens is 1. The summed E-state index contributed by atoms with van der Waals surface area (Å²) in [6.07, 6.45) is 5.38. The number of aryl methyl sites for hydroxylation is 1. The van der Waals surface area contributed by atoms with Crippen LogP contribution in [0.25, 0.3) is 0 Å². The minimum absolute atomic E-state index is 0.300. The van der Waals surface area contributed by atoms with Crippen molar-refractivity contribution < 1.29 is 5.11 Å². The van der Waals surface area contributed by atoms with E-state index in [1.54, 1.807) is 0 Å². The molecule has 0 aliphatic rings. The van der Waals surface area contributed by atoms with Crippen molar-refractivity contribution in [3.05, 3.63) is 72.1 Å². The van der Waals surface area contributed by atoms with Gasteiger partial charge in [0, 0.05) is 38.1 Å². The summed E-state index contributed by atoms with van der Waals surface area (Å²) in [5.41, 5.74) is 3.97. The smallest absolute Gasteiger partial charge is 0.0670 e. The van der Waals surface area contributed by atoms with Crippen LogP contribution in [0.4, 0.5) is 0 Å². The highest BCUT2D eigenvalue weighted by molar-refractivity contribution is 5.26. The molecule has 1 N–H and O–H groups in total. The van der Waals surface area contributed by atoms with Gasteiger partial charge in [0.25, 0.3) is 0 Å². The Labute approximate surface area is 159 Å². The Balaban J connectivity index is 2.07. The van der Waals surface area contributed by atoms with Crippen molar-refractivity contribution in [3.8, 4) is 0 Å². The zero-order chi connectivity index (χ0) is 18.9. The Hall–Kier alpha value is -1.84. The fraction of sp³-hybridized carbons (Fsp3) is 0.478. The van der Waals surface area contributed by atoms with Gasteiger partial charge in [-0.2, -0.15) is 0 Å². The van der Waals surface area contributed by atoms with Crippen LogP contribution in [0, 0.1) is 12.8 Å². The highest BCUT2D eigenvalue weighted by atomic mass is 16.3. The highest BCUT2D eigenvalue weighted by Gasteiger charge is 2.15. The molecule has 3 nitrogen and oxygen atoms in total. The molecule has 142 valence electrons. The van der Waals surface area contributed by atoms with E-state index in [-0.39, 0.29) is 6.10 Å². The molecule has 0 saturated heterocycles. The van der Waals surface area contributed by atoms with Crippen LogP contribution in [0.1, 0.15) is 43.5 Å². The Morgan fingerprint density at radius 2 is 1.92 bits per heavy atom. The molecule has 0 fully saturated rings. The van der Waals surface area contributed by atoms with E-state index in [2.05, 4.69) is 79.4 Å². The number of rotatable bonds is 11. The maximum absolute atomic E-state index is 10.3. The first-order chi connectivity index (χ1) is 12.5. The monoisotopic (exact) mass is 354 g/mol. The lowest BCUT2D eigenvalue weighted by Gasteiger charge is -2.27. The topological polar surface area (TPSA) is 28.4 Å². The van der Waals surface area contributed by atoms with Gasteiger partial charge >= 0.3 is 0 Å². The second kappa shape index (κ2) is 10.3. The predicted octanol–water partition coefficient (Wildman–Crippen LogP) is 4.63. The van der Waals surface area contributed by atoms with Gasteiger partial charge in [0.2, 0.25) is 0 Å². The number of nitrogens with zero attached hydrogens (tertiary/aromatic N) is 2. The van der Waals surface area contributed by atoms with Gasteiger partial charge in [0.15, 0.2) is 0 Å². The van der Waals surface area contributed by atoms with Crippen LogP contribution in [0.5, 0.6) is 0 Å². The molecule has 0 unspecified atom stereocenters. The fourth-order valence-corrected chi connectivity index (χ4v) is 3.37. The van der Waals surface area contributed by atoms with Gasteiger partial charge < -0.3 is 9.67 Å². The molecule has 2 rings (SSSR count). The van der Waals surface area contributed by atoms with E-state index >= 15 is 0 Å². The lowest BCUT2D eigenvalue weighted by molar-refractivity contribution is 0.0944. The third-order valence-corrected chi connectivity index (χ3v) is 4.71. The molecule has 26 heavy (non-hydrogen) atoms. The Bertz CT molecular complexity index is 674. The van der Waals surface area contributed by atoms with Crippen molar-refractivity contribution >= 4 is 0 Å². The van der Waals surface area contributed by atoms with E-state index in [0.29, 0.717) is 12.5 Å². The van der Waals surface area contributed by atoms with Crippen molar-refractivity contribution in [2.24, 2.45) is 5.92 Å². The third kappa shape index (κ3) is 6.47. The Morgan fingerprint density at radius 1 is 1.15 bits per heavy atom. The molecule has 0 aliphatic heterocycles. The molecule has 0 aliphatic carbocycles. The molecular weight excluding hydrogens is 320 g/mol. The van der Waals surface area contributed by atoms with Crippen molar-refractivity contribution in [1.82, 2.24) is 9.47 Å². The van der Waals surface area contributed by atoms with Gasteiger partial charge in [-0.15, -0.1) is 6.58 Å². The number of allylic oxidation sites excluding steroid dienone is 1. The first-order valence-electron chi connectivity index (χ1n) is 9.69. The summed E-state index contributed by atoms with van der Waals surface area (Å²) in [6.45, 7) is 13.8. The molecule has 1 atom stereocenters. The molecule has 2 aromatic rings. The summed E-state index contributed by atoms with van der Waals surface area (Å²) in [6, 6.07) is 12.9. The second-order valence-electron chi connectivity index (χ2n) is 7.66. The largest absolute Gasteiger partial charge is 0.392 e. The first kappa shape index (κ1) is 20.5. The molecular formula is C23H34N2O. The van der Waals surface area contributed by atoms with E-state index in [1.165, 1.54) is 16.8 Å². The SMILES string of the molecule is C=CCC[C@H](O)CN(Cc1cccn1Cc1ccccc1C)CC(C)C. The van der Waals surface area contributed by atoms with Gasteiger partial charge in [-0.1, -0.05) is 44.2 Å². The normalized spacial score (nSPS) is 12.7. The number of benzene rings is 1. The van der Waals surface area contributed by atoms with Crippen LogP contribution in [0.15, 0.2) is 55.3 Å². The summed E-state index contributed by atoms with van der Waals surface area (Å²) in [4.78, 5) is 2.38. The predicted molar refractivity (Wildman–Crippen MR) is 110 cm³/mol. The number of aliphatic hydroxyl groups is 1. The van der Waals surface area contributed by atoms with Gasteiger partial charge in [-0.25, -0.2) is 0 Å². The van der Waals surface area contributed by atoms with Crippen molar-refractivity contribution in [1.29, 1.82) is 0 Å². The molecule has 0 bridgehead atoms. The zero-order valence-electron chi connectivity index (χ0n) is 16.6. The summed E-state index contributed by atoms with van der Waals surface area (Å²) >= 11 is 0. The van der Waals surface area contributed by atoms with E-state index in [4.69, 9.17) is 0 Å². The van der Waals surface area contributed by atoms with Gasteiger partial charge in [-0.3, -0.25) is 4.90 Å². The number of hydrogen-bond acceptors (Lipinski definition) is 2. The molecule has 0 saturated carbocycles. The Morgan fingerprint density at radius 3 is 2.62 bits per heavy atom. The van der Waals surface area contributed by atoms with E-state index in [0.717, 1.165) is 32.5 Å². The van der Waals surface area contributed by atoms with Crippen molar-refractivity contribution in [3.63, 3.8) is 0 Å². The van der Waals surface area contributed by atoms with Crippen molar-refractivity contribution in [2.75, 3.05) is 13.1 Å². The molecule has 1 heterocycles. The van der Waals surface area contributed by atoms with Crippen LogP contribution in [-0.2, 0) is 13.1 Å². The summed E-state index contributed by atoms with van der Waals surface area (Å²) in [5, 5.41) is 10.3. The zero-order valence-corrected chi connectivity index (χ0v) is 16.6. The summed E-state index contributed by atoms with van der Waals surface area (Å²) in [5.74, 6) is 0.571. The quantitative estimate of drug-likeness (QED) is 0.596. The standard InChI is InChI=1S/C23H34N2O/c1-5-6-13-23(26)18-24(15-19(2)3)17-22-12-9-14-25(22)16-21-11-8-7-10-20(21)4/h5,7-12,14,19,23,26H,1,6,13,15-18H2,2-4H3/t23-/m0/s1. The van der Waals surface area contributed by atoms with E-state index < -0.39 is 0 Å². The van der Waals surface area contributed by atoms with Gasteiger partial charge in [0.05, 0.1) is 6.10 Å².